The van der Waals surface area contributed by atoms with Crippen LogP contribution in [0, 0.1) is 0 Å². The molecular weight excluding hydrogens is 396 g/mol. The van der Waals surface area contributed by atoms with Crippen LogP contribution in [0.25, 0.3) is 22.4 Å². The SMILES string of the molecule is CCn1nc(-c2ccc(S(N)(=O)=O)cc2)c(-c2ccc(Cl)cc2)c1C(F)F. The maximum atomic E-state index is 13.8. The number of aryl methyl sites for hydroxylation is 1. The Kier molecular flexibility index (Phi) is 5.32. The van der Waals surface area contributed by atoms with Crippen LogP contribution in [-0.4, -0.2) is 18.2 Å². The number of rotatable bonds is 5. The van der Waals surface area contributed by atoms with Crippen LogP contribution in [0.3, 0.4) is 0 Å². The molecule has 0 aliphatic rings. The third-order valence-corrected chi connectivity index (χ3v) is 5.27. The fraction of sp³-hybridized carbons (Fsp3) is 0.167. The molecule has 1 heterocycles. The Balaban J connectivity index is 2.24. The van der Waals surface area contributed by atoms with E-state index in [2.05, 4.69) is 5.10 Å². The molecule has 0 aliphatic carbocycles. The molecule has 0 atom stereocenters. The first-order chi connectivity index (χ1) is 12.7. The molecule has 0 aliphatic heterocycles. The Morgan fingerprint density at radius 2 is 1.63 bits per heavy atom. The van der Waals surface area contributed by atoms with Crippen molar-refractivity contribution in [3.63, 3.8) is 0 Å². The van der Waals surface area contributed by atoms with Gasteiger partial charge in [-0.25, -0.2) is 22.3 Å². The van der Waals surface area contributed by atoms with Crippen molar-refractivity contribution in [3.05, 3.63) is 59.2 Å². The van der Waals surface area contributed by atoms with Gasteiger partial charge in [0, 0.05) is 22.7 Å². The fourth-order valence-electron chi connectivity index (χ4n) is 2.84. The van der Waals surface area contributed by atoms with E-state index in [1.807, 2.05) is 0 Å². The molecule has 2 aromatic carbocycles. The molecule has 3 rings (SSSR count). The van der Waals surface area contributed by atoms with Gasteiger partial charge in [0.05, 0.1) is 4.90 Å². The van der Waals surface area contributed by atoms with Crippen LogP contribution in [0.2, 0.25) is 5.02 Å². The zero-order chi connectivity index (χ0) is 19.8. The van der Waals surface area contributed by atoms with E-state index in [0.29, 0.717) is 21.8 Å². The Morgan fingerprint density at radius 1 is 1.07 bits per heavy atom. The molecule has 5 nitrogen and oxygen atoms in total. The monoisotopic (exact) mass is 411 g/mol. The van der Waals surface area contributed by atoms with E-state index in [9.17, 15) is 17.2 Å². The van der Waals surface area contributed by atoms with E-state index in [1.165, 1.54) is 28.9 Å². The molecular formula is C18H16ClF2N3O2S. The van der Waals surface area contributed by atoms with Gasteiger partial charge >= 0.3 is 0 Å². The maximum Gasteiger partial charge on any atom is 0.280 e. The van der Waals surface area contributed by atoms with Gasteiger partial charge in [0.2, 0.25) is 10.0 Å². The first kappa shape index (κ1) is 19.5. The van der Waals surface area contributed by atoms with Gasteiger partial charge in [-0.3, -0.25) is 4.68 Å². The van der Waals surface area contributed by atoms with Crippen molar-refractivity contribution in [2.45, 2.75) is 24.8 Å². The molecule has 9 heteroatoms. The minimum Gasteiger partial charge on any atom is -0.263 e. The standard InChI is InChI=1S/C18H16ClF2N3O2S/c1-2-24-17(18(20)21)15(11-3-7-13(19)8-4-11)16(23-24)12-5-9-14(10-6-12)27(22,25)26/h3-10,18H,2H2,1H3,(H2,22,25,26). The van der Waals surface area contributed by atoms with E-state index >= 15 is 0 Å². The number of primary sulfonamides is 1. The molecule has 0 saturated heterocycles. The summed E-state index contributed by atoms with van der Waals surface area (Å²) >= 11 is 5.91. The number of sulfonamides is 1. The summed E-state index contributed by atoms with van der Waals surface area (Å²) in [6, 6.07) is 12.2. The molecule has 3 aromatic rings. The van der Waals surface area contributed by atoms with Crippen LogP contribution in [0.4, 0.5) is 8.78 Å². The van der Waals surface area contributed by atoms with Gasteiger partial charge in [0.25, 0.3) is 6.43 Å². The second-order valence-electron chi connectivity index (χ2n) is 5.80. The number of halogens is 3. The number of hydrogen-bond acceptors (Lipinski definition) is 3. The molecule has 0 radical (unpaired) electrons. The normalized spacial score (nSPS) is 11.9. The van der Waals surface area contributed by atoms with E-state index in [4.69, 9.17) is 16.7 Å². The zero-order valence-electron chi connectivity index (χ0n) is 14.2. The highest BCUT2D eigenvalue weighted by atomic mass is 35.5. The largest absolute Gasteiger partial charge is 0.280 e. The zero-order valence-corrected chi connectivity index (χ0v) is 15.8. The summed E-state index contributed by atoms with van der Waals surface area (Å²) in [5.74, 6) is 0. The number of alkyl halides is 2. The summed E-state index contributed by atoms with van der Waals surface area (Å²) in [5.41, 5.74) is 1.45. The predicted octanol–water partition coefficient (Wildman–Crippen LogP) is 4.48. The van der Waals surface area contributed by atoms with Crippen molar-refractivity contribution in [3.8, 4) is 22.4 Å². The van der Waals surface area contributed by atoms with Gasteiger partial charge in [0.1, 0.15) is 11.4 Å². The molecule has 0 saturated carbocycles. The molecule has 0 spiro atoms. The lowest BCUT2D eigenvalue weighted by molar-refractivity contribution is 0.140. The lowest BCUT2D eigenvalue weighted by Crippen LogP contribution is -2.11. The van der Waals surface area contributed by atoms with Crippen molar-refractivity contribution in [1.29, 1.82) is 0 Å². The first-order valence-electron chi connectivity index (χ1n) is 8.00. The second kappa shape index (κ2) is 7.38. The second-order valence-corrected chi connectivity index (χ2v) is 7.80. The van der Waals surface area contributed by atoms with Crippen molar-refractivity contribution in [2.75, 3.05) is 0 Å². The Labute approximate surface area is 160 Å². The Bertz CT molecular complexity index is 1060. The van der Waals surface area contributed by atoms with Crippen molar-refractivity contribution in [2.24, 2.45) is 5.14 Å². The summed E-state index contributed by atoms with van der Waals surface area (Å²) in [6.07, 6.45) is -2.74. The topological polar surface area (TPSA) is 78.0 Å². The minimum absolute atomic E-state index is 0.0664. The van der Waals surface area contributed by atoms with E-state index in [0.717, 1.165) is 0 Å². The molecule has 0 amide bonds. The third-order valence-electron chi connectivity index (χ3n) is 4.09. The van der Waals surface area contributed by atoms with Crippen molar-refractivity contribution < 1.29 is 17.2 Å². The van der Waals surface area contributed by atoms with Gasteiger partial charge in [-0.15, -0.1) is 0 Å². The summed E-state index contributed by atoms with van der Waals surface area (Å²) < 4.78 is 51.7. The van der Waals surface area contributed by atoms with Crippen molar-refractivity contribution >= 4 is 21.6 Å². The third kappa shape index (κ3) is 3.87. The minimum atomic E-state index is -3.85. The number of hydrogen-bond donors (Lipinski definition) is 1. The summed E-state index contributed by atoms with van der Waals surface area (Å²) in [6.45, 7) is 1.98. The van der Waals surface area contributed by atoms with Gasteiger partial charge in [-0.2, -0.15) is 5.10 Å². The quantitative estimate of drug-likeness (QED) is 0.672. The highest BCUT2D eigenvalue weighted by Crippen LogP contribution is 2.39. The average Bonchev–Trinajstić information content (AvgIpc) is 3.01. The van der Waals surface area contributed by atoms with Crippen LogP contribution in [0.15, 0.2) is 53.4 Å². The molecule has 0 fully saturated rings. The van der Waals surface area contributed by atoms with E-state index in [-0.39, 0.29) is 22.7 Å². The summed E-state index contributed by atoms with van der Waals surface area (Å²) in [5, 5.41) is 9.93. The molecule has 2 N–H and O–H groups in total. The summed E-state index contributed by atoms with van der Waals surface area (Å²) in [7, 11) is -3.85. The molecule has 27 heavy (non-hydrogen) atoms. The molecule has 0 bridgehead atoms. The first-order valence-corrected chi connectivity index (χ1v) is 9.92. The van der Waals surface area contributed by atoms with E-state index < -0.39 is 16.4 Å². The summed E-state index contributed by atoms with van der Waals surface area (Å²) in [4.78, 5) is -0.0664. The molecule has 1 aromatic heterocycles. The van der Waals surface area contributed by atoms with Crippen molar-refractivity contribution in [1.82, 2.24) is 9.78 Å². The highest BCUT2D eigenvalue weighted by molar-refractivity contribution is 7.89. The van der Waals surface area contributed by atoms with Gasteiger partial charge in [0.15, 0.2) is 0 Å². The van der Waals surface area contributed by atoms with E-state index in [1.54, 1.807) is 31.2 Å². The fourth-order valence-corrected chi connectivity index (χ4v) is 3.48. The lowest BCUT2D eigenvalue weighted by Gasteiger charge is -2.08. The van der Waals surface area contributed by atoms with Gasteiger partial charge in [-0.1, -0.05) is 35.9 Å². The van der Waals surface area contributed by atoms with Gasteiger partial charge in [-0.05, 0) is 36.8 Å². The number of aromatic nitrogens is 2. The number of nitrogens with two attached hydrogens (primary N) is 1. The number of benzene rings is 2. The molecule has 142 valence electrons. The Hall–Kier alpha value is -2.29. The molecule has 0 unspecified atom stereocenters. The number of nitrogens with zero attached hydrogens (tertiary/aromatic N) is 2. The van der Waals surface area contributed by atoms with Gasteiger partial charge < -0.3 is 0 Å². The van der Waals surface area contributed by atoms with Crippen LogP contribution in [0.1, 0.15) is 19.0 Å². The lowest BCUT2D eigenvalue weighted by atomic mass is 9.99. The van der Waals surface area contributed by atoms with Crippen LogP contribution in [0.5, 0.6) is 0 Å². The maximum absolute atomic E-state index is 13.8. The average molecular weight is 412 g/mol. The highest BCUT2D eigenvalue weighted by Gasteiger charge is 2.26. The Morgan fingerprint density at radius 3 is 2.11 bits per heavy atom. The van der Waals surface area contributed by atoms with Crippen LogP contribution >= 0.6 is 11.6 Å². The van der Waals surface area contributed by atoms with Crippen LogP contribution < -0.4 is 5.14 Å². The smallest absolute Gasteiger partial charge is 0.263 e. The predicted molar refractivity (Wildman–Crippen MR) is 100 cm³/mol. The van der Waals surface area contributed by atoms with Crippen LogP contribution in [-0.2, 0) is 16.6 Å².